The van der Waals surface area contributed by atoms with Gasteiger partial charge >= 0.3 is 0 Å². The van der Waals surface area contributed by atoms with E-state index in [-0.39, 0.29) is 0 Å². The molecule has 0 aliphatic rings. The molecule has 4 heteroatoms. The maximum atomic E-state index is 5.69. The molecule has 0 unspecified atom stereocenters. The van der Waals surface area contributed by atoms with Gasteiger partial charge < -0.3 is 0 Å². The second-order valence-electron chi connectivity index (χ2n) is 5.29. The largest absolute Gasteiger partial charge is 0.252 e. The van der Waals surface area contributed by atoms with Gasteiger partial charge in [-0.3, -0.25) is 4.68 Å². The number of hydrogen-bond acceptors (Lipinski definition) is 2. The Morgan fingerprint density at radius 3 is 2.05 bits per heavy atom. The summed E-state index contributed by atoms with van der Waals surface area (Å²) >= 11 is 5.69. The summed E-state index contributed by atoms with van der Waals surface area (Å²) in [6.45, 7) is 3.24. The van der Waals surface area contributed by atoms with Crippen LogP contribution < -0.4 is 0 Å². The fraction of sp³-hybridized carbons (Fsp3) is 0.867. The predicted octanol–water partition coefficient (Wildman–Crippen LogP) is 4.94. The molecule has 0 spiro atoms. The van der Waals surface area contributed by atoms with Crippen LogP contribution in [0.15, 0.2) is 6.20 Å². The second kappa shape index (κ2) is 11.3. The average molecular weight is 286 g/mol. The second-order valence-corrected chi connectivity index (χ2v) is 5.56. The van der Waals surface area contributed by atoms with Crippen LogP contribution in [0.2, 0.25) is 0 Å². The lowest BCUT2D eigenvalue weighted by atomic mass is 10.1. The molecular weight excluding hydrogens is 258 g/mol. The van der Waals surface area contributed by atoms with E-state index in [0.717, 1.165) is 12.2 Å². The molecule has 1 heterocycles. The average Bonchev–Trinajstić information content (AvgIpc) is 2.89. The molecule has 1 rings (SSSR count). The van der Waals surface area contributed by atoms with Crippen LogP contribution in [0, 0.1) is 0 Å². The van der Waals surface area contributed by atoms with Crippen LogP contribution in [0.4, 0.5) is 0 Å². The smallest absolute Gasteiger partial charge is 0.0974 e. The van der Waals surface area contributed by atoms with Crippen molar-refractivity contribution in [2.24, 2.45) is 0 Å². The van der Waals surface area contributed by atoms with Crippen molar-refractivity contribution in [2.75, 3.05) is 0 Å². The first-order chi connectivity index (χ1) is 9.36. The van der Waals surface area contributed by atoms with Gasteiger partial charge in [-0.25, -0.2) is 0 Å². The minimum atomic E-state index is 0.456. The highest BCUT2D eigenvalue weighted by molar-refractivity contribution is 6.16. The molecule has 0 aliphatic carbocycles. The van der Waals surface area contributed by atoms with Gasteiger partial charge in [0.2, 0.25) is 0 Å². The Balaban J connectivity index is 1.86. The number of aromatic nitrogens is 3. The van der Waals surface area contributed by atoms with Crippen molar-refractivity contribution in [3.8, 4) is 0 Å². The van der Waals surface area contributed by atoms with Crippen molar-refractivity contribution in [2.45, 2.75) is 83.6 Å². The zero-order chi connectivity index (χ0) is 13.8. The van der Waals surface area contributed by atoms with Crippen molar-refractivity contribution < 1.29 is 0 Å². The number of halogens is 1. The van der Waals surface area contributed by atoms with Gasteiger partial charge in [-0.05, 0) is 6.42 Å². The normalized spacial score (nSPS) is 11.1. The van der Waals surface area contributed by atoms with Gasteiger partial charge in [0, 0.05) is 12.7 Å². The summed E-state index contributed by atoms with van der Waals surface area (Å²) in [6, 6.07) is 0. The van der Waals surface area contributed by atoms with Crippen LogP contribution >= 0.6 is 11.6 Å². The molecule has 0 atom stereocenters. The summed E-state index contributed by atoms with van der Waals surface area (Å²) in [5, 5.41) is 8.02. The Bertz CT molecular complexity index is 312. The first-order valence-electron chi connectivity index (χ1n) is 7.81. The maximum absolute atomic E-state index is 5.69. The number of unbranched alkanes of at least 4 members (excludes halogenated alkanes) is 9. The monoisotopic (exact) mass is 285 g/mol. The molecule has 0 saturated heterocycles. The third-order valence-corrected chi connectivity index (χ3v) is 3.74. The zero-order valence-corrected chi connectivity index (χ0v) is 13.0. The van der Waals surface area contributed by atoms with E-state index >= 15 is 0 Å². The van der Waals surface area contributed by atoms with Crippen molar-refractivity contribution in [1.82, 2.24) is 15.0 Å². The number of aryl methyl sites for hydroxylation is 1. The molecule has 0 radical (unpaired) electrons. The van der Waals surface area contributed by atoms with Gasteiger partial charge in [-0.2, -0.15) is 0 Å². The number of alkyl halides is 1. The lowest BCUT2D eigenvalue weighted by Crippen LogP contribution is -1.98. The van der Waals surface area contributed by atoms with Crippen molar-refractivity contribution in [1.29, 1.82) is 0 Å². The molecule has 0 amide bonds. The summed E-state index contributed by atoms with van der Waals surface area (Å²) in [5.41, 5.74) is 0.869. The maximum Gasteiger partial charge on any atom is 0.0974 e. The van der Waals surface area contributed by atoms with Crippen LogP contribution in [-0.4, -0.2) is 15.0 Å². The number of rotatable bonds is 12. The Labute approximate surface area is 122 Å². The highest BCUT2D eigenvalue weighted by atomic mass is 35.5. The summed E-state index contributed by atoms with van der Waals surface area (Å²) in [4.78, 5) is 0. The minimum absolute atomic E-state index is 0.456. The molecule has 1 aromatic heterocycles. The van der Waals surface area contributed by atoms with Crippen LogP contribution in [0.5, 0.6) is 0 Å². The standard InChI is InChI=1S/C15H28ClN3/c1-2-3-4-5-6-7-8-9-10-11-12-19-14-15(13-16)17-18-19/h14H,2-13H2,1H3. The summed E-state index contributed by atoms with van der Waals surface area (Å²) < 4.78 is 1.91. The molecule has 0 N–H and O–H groups in total. The first-order valence-corrected chi connectivity index (χ1v) is 8.35. The molecule has 110 valence electrons. The van der Waals surface area contributed by atoms with Crippen molar-refractivity contribution in [3.63, 3.8) is 0 Å². The zero-order valence-electron chi connectivity index (χ0n) is 12.3. The van der Waals surface area contributed by atoms with E-state index in [9.17, 15) is 0 Å². The molecule has 0 bridgehead atoms. The van der Waals surface area contributed by atoms with Gasteiger partial charge in [0.05, 0.1) is 11.6 Å². The SMILES string of the molecule is CCCCCCCCCCCCn1cc(CCl)nn1. The fourth-order valence-electron chi connectivity index (χ4n) is 2.27. The lowest BCUT2D eigenvalue weighted by Gasteiger charge is -2.02. The van der Waals surface area contributed by atoms with E-state index in [0.29, 0.717) is 5.88 Å². The number of hydrogen-bond donors (Lipinski definition) is 0. The minimum Gasteiger partial charge on any atom is -0.252 e. The quantitative estimate of drug-likeness (QED) is 0.402. The van der Waals surface area contributed by atoms with E-state index in [1.165, 1.54) is 64.2 Å². The van der Waals surface area contributed by atoms with Crippen LogP contribution in [0.25, 0.3) is 0 Å². The topological polar surface area (TPSA) is 30.7 Å². The van der Waals surface area contributed by atoms with E-state index in [2.05, 4.69) is 17.2 Å². The van der Waals surface area contributed by atoms with Crippen LogP contribution in [-0.2, 0) is 12.4 Å². The Morgan fingerprint density at radius 1 is 0.947 bits per heavy atom. The first kappa shape index (κ1) is 16.5. The van der Waals surface area contributed by atoms with E-state index < -0.39 is 0 Å². The lowest BCUT2D eigenvalue weighted by molar-refractivity contribution is 0.507. The third kappa shape index (κ3) is 8.25. The molecular formula is C15H28ClN3. The molecule has 0 fully saturated rings. The van der Waals surface area contributed by atoms with Gasteiger partial charge in [0.1, 0.15) is 0 Å². The molecule has 0 aromatic carbocycles. The highest BCUT2D eigenvalue weighted by Crippen LogP contribution is 2.10. The molecule has 1 aromatic rings. The van der Waals surface area contributed by atoms with Gasteiger partial charge in [-0.15, -0.1) is 16.7 Å². The van der Waals surface area contributed by atoms with Crippen LogP contribution in [0.3, 0.4) is 0 Å². The van der Waals surface area contributed by atoms with Gasteiger partial charge in [0.25, 0.3) is 0 Å². The summed E-state index contributed by atoms with van der Waals surface area (Å²) in [5.74, 6) is 0.456. The molecule has 0 saturated carbocycles. The van der Waals surface area contributed by atoms with Gasteiger partial charge in [-0.1, -0.05) is 69.9 Å². The molecule has 3 nitrogen and oxygen atoms in total. The molecule has 19 heavy (non-hydrogen) atoms. The Morgan fingerprint density at radius 2 is 1.53 bits per heavy atom. The van der Waals surface area contributed by atoms with Crippen molar-refractivity contribution in [3.05, 3.63) is 11.9 Å². The summed E-state index contributed by atoms with van der Waals surface area (Å²) in [7, 11) is 0. The van der Waals surface area contributed by atoms with Crippen LogP contribution in [0.1, 0.15) is 76.8 Å². The van der Waals surface area contributed by atoms with E-state index in [1.807, 2.05) is 10.9 Å². The molecule has 0 aliphatic heterocycles. The highest BCUT2D eigenvalue weighted by Gasteiger charge is 1.98. The Hall–Kier alpha value is -0.570. The number of nitrogens with zero attached hydrogens (tertiary/aromatic N) is 3. The van der Waals surface area contributed by atoms with Gasteiger partial charge in [0.15, 0.2) is 0 Å². The third-order valence-electron chi connectivity index (χ3n) is 3.46. The summed E-state index contributed by atoms with van der Waals surface area (Å²) in [6.07, 6.45) is 15.6. The van der Waals surface area contributed by atoms with Crippen molar-refractivity contribution >= 4 is 11.6 Å². The van der Waals surface area contributed by atoms with E-state index in [4.69, 9.17) is 11.6 Å². The fourth-order valence-corrected chi connectivity index (χ4v) is 2.39. The predicted molar refractivity (Wildman–Crippen MR) is 81.4 cm³/mol. The Kier molecular flexibility index (Phi) is 9.78. The van der Waals surface area contributed by atoms with E-state index in [1.54, 1.807) is 0 Å².